The van der Waals surface area contributed by atoms with Crippen molar-refractivity contribution >= 4 is 0 Å². The third-order valence-corrected chi connectivity index (χ3v) is 6.71. The number of rotatable bonds is 20. The molecule has 28 heavy (non-hydrogen) atoms. The van der Waals surface area contributed by atoms with Gasteiger partial charge in [-0.05, 0) is 25.2 Å². The van der Waals surface area contributed by atoms with Gasteiger partial charge in [0.15, 0.2) is 0 Å². The minimum Gasteiger partial charge on any atom is -0.314 e. The van der Waals surface area contributed by atoms with Gasteiger partial charge in [0.1, 0.15) is 0 Å². The van der Waals surface area contributed by atoms with Gasteiger partial charge in [-0.25, -0.2) is 0 Å². The van der Waals surface area contributed by atoms with Crippen molar-refractivity contribution < 1.29 is 5.21 Å². The van der Waals surface area contributed by atoms with Crippen LogP contribution in [0.3, 0.4) is 0 Å². The van der Waals surface area contributed by atoms with E-state index in [0.29, 0.717) is 0 Å². The average molecular weight is 396 g/mol. The predicted molar refractivity (Wildman–Crippen MR) is 124 cm³/mol. The van der Waals surface area contributed by atoms with Crippen LogP contribution in [-0.2, 0) is 0 Å². The van der Waals surface area contributed by atoms with Crippen molar-refractivity contribution in [3.05, 3.63) is 0 Å². The fourth-order valence-corrected chi connectivity index (χ4v) is 4.78. The molecule has 0 radical (unpaired) electrons. The van der Waals surface area contributed by atoms with E-state index in [4.69, 9.17) is 0 Å². The maximum atomic E-state index is 10.1. The molecule has 0 spiro atoms. The van der Waals surface area contributed by atoms with Crippen molar-refractivity contribution in [1.82, 2.24) is 5.06 Å². The Morgan fingerprint density at radius 2 is 0.964 bits per heavy atom. The van der Waals surface area contributed by atoms with Crippen LogP contribution >= 0.6 is 0 Å². The van der Waals surface area contributed by atoms with Gasteiger partial charge in [-0.2, -0.15) is 5.06 Å². The Bertz CT molecular complexity index is 301. The third-order valence-electron chi connectivity index (χ3n) is 6.71. The summed E-state index contributed by atoms with van der Waals surface area (Å²) in [5.41, 5.74) is 0. The molecule has 1 N–H and O–H groups in total. The Labute approximate surface area is 177 Å². The summed E-state index contributed by atoms with van der Waals surface area (Å²) in [5.74, 6) is 0.754. The maximum absolute atomic E-state index is 10.1. The highest BCUT2D eigenvalue weighted by Crippen LogP contribution is 2.24. The molecule has 0 amide bonds. The molecule has 0 aromatic rings. The van der Waals surface area contributed by atoms with Crippen LogP contribution < -0.4 is 0 Å². The molecule has 1 saturated carbocycles. The Morgan fingerprint density at radius 1 is 0.571 bits per heavy atom. The van der Waals surface area contributed by atoms with Crippen LogP contribution in [0.15, 0.2) is 0 Å². The van der Waals surface area contributed by atoms with Crippen molar-refractivity contribution in [2.24, 2.45) is 5.92 Å². The second-order valence-corrected chi connectivity index (χ2v) is 9.57. The molecule has 168 valence electrons. The molecule has 2 heteroatoms. The monoisotopic (exact) mass is 395 g/mol. The number of hydrogen-bond donors (Lipinski definition) is 1. The summed E-state index contributed by atoms with van der Waals surface area (Å²) in [5, 5.41) is 11.7. The average Bonchev–Trinajstić information content (AvgIpc) is 2.71. The van der Waals surface area contributed by atoms with Crippen LogP contribution in [0.1, 0.15) is 148 Å². The highest BCUT2D eigenvalue weighted by atomic mass is 16.5. The third kappa shape index (κ3) is 16.8. The number of nitrogens with zero attached hydrogens (tertiary/aromatic N) is 1. The molecule has 1 rings (SSSR count). The molecule has 0 saturated heterocycles. The summed E-state index contributed by atoms with van der Waals surface area (Å²) in [6, 6.07) is 0. The first-order valence-corrected chi connectivity index (χ1v) is 13.3. The Hall–Kier alpha value is -0.0800. The van der Waals surface area contributed by atoms with Crippen LogP contribution in [0.4, 0.5) is 0 Å². The molecule has 0 aliphatic heterocycles. The lowest BCUT2D eigenvalue weighted by Gasteiger charge is -2.25. The van der Waals surface area contributed by atoms with Gasteiger partial charge in [-0.1, -0.05) is 129 Å². The van der Waals surface area contributed by atoms with Gasteiger partial charge >= 0.3 is 0 Å². The molecule has 1 fully saturated rings. The summed E-state index contributed by atoms with van der Waals surface area (Å²) in [6.45, 7) is 4.09. The smallest absolute Gasteiger partial charge is 0.0266 e. The topological polar surface area (TPSA) is 23.5 Å². The SMILES string of the molecule is CCCCCCCCCCCCCCCCCCCN(O)CC1CCCCC1. The van der Waals surface area contributed by atoms with E-state index < -0.39 is 0 Å². The maximum Gasteiger partial charge on any atom is 0.0266 e. The van der Waals surface area contributed by atoms with E-state index in [1.807, 2.05) is 0 Å². The molecule has 1 aliphatic carbocycles. The molecular formula is C26H53NO. The lowest BCUT2D eigenvalue weighted by Crippen LogP contribution is -2.28. The summed E-state index contributed by atoms with van der Waals surface area (Å²) in [6.07, 6.45) is 30.8. The largest absolute Gasteiger partial charge is 0.314 e. The standard InChI is InChI=1S/C26H53NO/c1-2-3-4-5-6-7-8-9-10-11-12-13-14-15-16-17-21-24-27(28)25-26-22-19-18-20-23-26/h26,28H,2-25H2,1H3. The van der Waals surface area contributed by atoms with Gasteiger partial charge in [-0.15, -0.1) is 0 Å². The first-order chi connectivity index (χ1) is 13.8. The predicted octanol–water partition coefficient (Wildman–Crippen LogP) is 8.91. The van der Waals surface area contributed by atoms with Gasteiger partial charge < -0.3 is 5.21 Å². The molecule has 0 aromatic carbocycles. The summed E-state index contributed by atoms with van der Waals surface area (Å²) >= 11 is 0. The molecule has 1 aliphatic rings. The van der Waals surface area contributed by atoms with Crippen LogP contribution in [0.2, 0.25) is 0 Å². The Morgan fingerprint density at radius 3 is 1.39 bits per heavy atom. The van der Waals surface area contributed by atoms with Crippen molar-refractivity contribution in [2.75, 3.05) is 13.1 Å². The minimum absolute atomic E-state index is 0.754. The number of hydrogen-bond acceptors (Lipinski definition) is 2. The van der Waals surface area contributed by atoms with Crippen molar-refractivity contribution in [2.45, 2.75) is 148 Å². The molecule has 0 atom stereocenters. The second-order valence-electron chi connectivity index (χ2n) is 9.57. The van der Waals surface area contributed by atoms with Crippen molar-refractivity contribution in [1.29, 1.82) is 0 Å². The highest BCUT2D eigenvalue weighted by molar-refractivity contribution is 4.67. The minimum atomic E-state index is 0.754. The first kappa shape index (κ1) is 26.0. The lowest BCUT2D eigenvalue weighted by atomic mass is 9.89. The van der Waals surface area contributed by atoms with E-state index in [2.05, 4.69) is 6.92 Å². The molecule has 0 bridgehead atoms. The van der Waals surface area contributed by atoms with Crippen LogP contribution in [-0.4, -0.2) is 23.4 Å². The zero-order valence-electron chi connectivity index (χ0n) is 19.4. The fraction of sp³-hybridized carbons (Fsp3) is 1.00. The Kier molecular flexibility index (Phi) is 18.7. The zero-order chi connectivity index (χ0) is 20.1. The van der Waals surface area contributed by atoms with E-state index >= 15 is 0 Å². The molecule has 2 nitrogen and oxygen atoms in total. The normalized spacial score (nSPS) is 15.5. The van der Waals surface area contributed by atoms with Gasteiger partial charge in [0.05, 0.1) is 0 Å². The van der Waals surface area contributed by atoms with Crippen LogP contribution in [0.25, 0.3) is 0 Å². The molecular weight excluding hydrogens is 342 g/mol. The highest BCUT2D eigenvalue weighted by Gasteiger charge is 2.15. The van der Waals surface area contributed by atoms with Gasteiger partial charge in [0, 0.05) is 13.1 Å². The summed E-state index contributed by atoms with van der Waals surface area (Å²) in [4.78, 5) is 0. The number of hydroxylamine groups is 2. The molecule has 0 heterocycles. The van der Waals surface area contributed by atoms with Gasteiger partial charge in [-0.3, -0.25) is 0 Å². The number of unbranched alkanes of at least 4 members (excludes halogenated alkanes) is 16. The quantitative estimate of drug-likeness (QED) is 0.164. The van der Waals surface area contributed by atoms with E-state index in [9.17, 15) is 5.21 Å². The summed E-state index contributed by atoms with van der Waals surface area (Å²) < 4.78 is 0. The first-order valence-electron chi connectivity index (χ1n) is 13.3. The van der Waals surface area contributed by atoms with E-state index in [1.165, 1.54) is 141 Å². The molecule has 0 unspecified atom stereocenters. The lowest BCUT2D eigenvalue weighted by molar-refractivity contribution is -0.105. The van der Waals surface area contributed by atoms with Gasteiger partial charge in [0.25, 0.3) is 0 Å². The van der Waals surface area contributed by atoms with E-state index in [-0.39, 0.29) is 0 Å². The van der Waals surface area contributed by atoms with Crippen LogP contribution in [0, 0.1) is 5.92 Å². The second kappa shape index (κ2) is 20.2. The summed E-state index contributed by atoms with van der Waals surface area (Å²) in [7, 11) is 0. The van der Waals surface area contributed by atoms with Gasteiger partial charge in [0.2, 0.25) is 0 Å². The van der Waals surface area contributed by atoms with E-state index in [1.54, 1.807) is 5.06 Å². The Balaban J connectivity index is 1.70. The molecule has 0 aromatic heterocycles. The van der Waals surface area contributed by atoms with Crippen molar-refractivity contribution in [3.8, 4) is 0 Å². The zero-order valence-corrected chi connectivity index (χ0v) is 19.4. The van der Waals surface area contributed by atoms with Crippen LogP contribution in [0.5, 0.6) is 0 Å². The van der Waals surface area contributed by atoms with Crippen molar-refractivity contribution in [3.63, 3.8) is 0 Å². The van der Waals surface area contributed by atoms with E-state index in [0.717, 1.165) is 19.0 Å². The fourth-order valence-electron chi connectivity index (χ4n) is 4.78.